The first-order chi connectivity index (χ1) is 17.3. The minimum atomic E-state index is -0.708. The van der Waals surface area contributed by atoms with Gasteiger partial charge >= 0.3 is 0 Å². The molecule has 2 aromatic heterocycles. The highest BCUT2D eigenvalue weighted by Crippen LogP contribution is 2.27. The van der Waals surface area contributed by atoms with Crippen molar-refractivity contribution < 1.29 is 18.8 Å². The van der Waals surface area contributed by atoms with Crippen molar-refractivity contribution in [1.82, 2.24) is 19.9 Å². The van der Waals surface area contributed by atoms with Crippen molar-refractivity contribution in [2.45, 2.75) is 90.8 Å². The van der Waals surface area contributed by atoms with Gasteiger partial charge in [0.25, 0.3) is 11.8 Å². The van der Waals surface area contributed by atoms with E-state index in [1.165, 1.54) is 17.6 Å². The molecule has 198 valence electrons. The van der Waals surface area contributed by atoms with Crippen LogP contribution in [0.5, 0.6) is 0 Å². The number of nitrogens with two attached hydrogens (primary N) is 1. The van der Waals surface area contributed by atoms with E-state index < -0.39 is 11.9 Å². The molecule has 2 heterocycles. The second-order valence-electron chi connectivity index (χ2n) is 9.87. The molecule has 1 atom stereocenters. The first kappa shape index (κ1) is 27.7. The van der Waals surface area contributed by atoms with Gasteiger partial charge in [0.05, 0.1) is 18.5 Å². The summed E-state index contributed by atoms with van der Waals surface area (Å²) < 4.78 is 9.73. The maximum Gasteiger partial charge on any atom is 0.273 e. The van der Waals surface area contributed by atoms with Crippen LogP contribution in [0.25, 0.3) is 0 Å². The summed E-state index contributed by atoms with van der Waals surface area (Å²) in [4.78, 5) is 41.5. The molecule has 1 saturated carbocycles. The van der Waals surface area contributed by atoms with Crippen molar-refractivity contribution in [2.75, 3.05) is 12.3 Å². The quantitative estimate of drug-likeness (QED) is 0.384. The third-order valence-corrected chi connectivity index (χ3v) is 7.36. The number of nitrogens with zero attached hydrogens (tertiary/aromatic N) is 2. The van der Waals surface area contributed by atoms with E-state index in [4.69, 9.17) is 10.2 Å². The van der Waals surface area contributed by atoms with Crippen LogP contribution in [0.4, 0.5) is 5.69 Å². The van der Waals surface area contributed by atoms with Crippen LogP contribution < -0.4 is 16.4 Å². The number of carbonyl (C=O) groups is 3. The van der Waals surface area contributed by atoms with Gasteiger partial charge in [-0.05, 0) is 55.3 Å². The van der Waals surface area contributed by atoms with Gasteiger partial charge < -0.3 is 25.7 Å². The molecule has 3 amide bonds. The lowest BCUT2D eigenvalue weighted by atomic mass is 9.95. The Morgan fingerprint density at radius 3 is 2.61 bits per heavy atom. The minimum Gasteiger partial charge on any atom is -0.467 e. The van der Waals surface area contributed by atoms with Gasteiger partial charge in [0.2, 0.25) is 5.91 Å². The molecule has 36 heavy (non-hydrogen) atoms. The molecule has 0 aliphatic heterocycles. The molecule has 9 nitrogen and oxygen atoms in total. The van der Waals surface area contributed by atoms with Crippen LogP contribution in [0.2, 0.25) is 0 Å². The smallest absolute Gasteiger partial charge is 0.273 e. The molecular weight excluding hydrogens is 478 g/mol. The normalized spacial score (nSPS) is 15.0. The SMILES string of the molecule is CCCC(C(=O)NCCC(C)C)N(Cc1ccco1)C(=O)c1snc(C(=O)NC2CCCCC2)c1N. The number of aromatic nitrogens is 1. The molecule has 0 spiro atoms. The van der Waals surface area contributed by atoms with Gasteiger partial charge in [-0.3, -0.25) is 14.4 Å². The van der Waals surface area contributed by atoms with E-state index in [1.807, 2.05) is 6.92 Å². The zero-order chi connectivity index (χ0) is 26.1. The lowest BCUT2D eigenvalue weighted by molar-refractivity contribution is -0.126. The summed E-state index contributed by atoms with van der Waals surface area (Å²) in [7, 11) is 0. The fraction of sp³-hybridized carbons (Fsp3) is 0.615. The van der Waals surface area contributed by atoms with Crippen molar-refractivity contribution in [2.24, 2.45) is 5.92 Å². The minimum absolute atomic E-state index is 0.0539. The van der Waals surface area contributed by atoms with Crippen LogP contribution in [-0.4, -0.2) is 45.6 Å². The monoisotopic (exact) mass is 517 g/mol. The molecule has 1 aliphatic rings. The first-order valence-electron chi connectivity index (χ1n) is 13.0. The molecule has 0 saturated heterocycles. The van der Waals surface area contributed by atoms with Crippen molar-refractivity contribution in [3.8, 4) is 0 Å². The summed E-state index contributed by atoms with van der Waals surface area (Å²) in [6, 6.07) is 2.90. The second-order valence-corrected chi connectivity index (χ2v) is 10.6. The first-order valence-corrected chi connectivity index (χ1v) is 13.8. The highest BCUT2D eigenvalue weighted by molar-refractivity contribution is 7.09. The number of anilines is 1. The Bertz CT molecular complexity index is 998. The summed E-state index contributed by atoms with van der Waals surface area (Å²) in [5, 5.41) is 5.99. The van der Waals surface area contributed by atoms with E-state index >= 15 is 0 Å². The summed E-state index contributed by atoms with van der Waals surface area (Å²) in [6.07, 6.45) is 8.78. The average Bonchev–Trinajstić information content (AvgIpc) is 3.50. The molecule has 3 rings (SSSR count). The highest BCUT2D eigenvalue weighted by atomic mass is 32.1. The second kappa shape index (κ2) is 13.4. The number of nitrogens with one attached hydrogen (secondary N) is 2. The van der Waals surface area contributed by atoms with Crippen LogP contribution in [0, 0.1) is 5.92 Å². The van der Waals surface area contributed by atoms with Gasteiger partial charge in [0.15, 0.2) is 5.69 Å². The number of furan rings is 1. The molecule has 4 N–H and O–H groups in total. The molecule has 1 aliphatic carbocycles. The maximum atomic E-state index is 13.8. The summed E-state index contributed by atoms with van der Waals surface area (Å²) in [6.45, 7) is 6.80. The Labute approximate surface area is 217 Å². The van der Waals surface area contributed by atoms with E-state index in [9.17, 15) is 14.4 Å². The van der Waals surface area contributed by atoms with E-state index in [-0.39, 0.29) is 40.7 Å². The van der Waals surface area contributed by atoms with Crippen LogP contribution in [0.3, 0.4) is 0 Å². The van der Waals surface area contributed by atoms with Gasteiger partial charge in [-0.25, -0.2) is 0 Å². The molecule has 0 aromatic carbocycles. The predicted molar refractivity (Wildman–Crippen MR) is 141 cm³/mol. The third kappa shape index (κ3) is 7.32. The van der Waals surface area contributed by atoms with Crippen LogP contribution in [0.1, 0.15) is 98.1 Å². The topological polar surface area (TPSA) is 131 Å². The lowest BCUT2D eigenvalue weighted by Gasteiger charge is -2.30. The van der Waals surface area contributed by atoms with Crippen molar-refractivity contribution in [1.29, 1.82) is 0 Å². The standard InChI is InChI=1S/C26H39N5O4S/c1-4-9-20(24(32)28-14-13-17(2)3)31(16-19-12-8-15-35-19)26(34)23-21(27)22(30-36-23)25(33)29-18-10-6-5-7-11-18/h8,12,15,17-18,20H,4-7,9-11,13-14,16,27H2,1-3H3,(H,28,32)(H,29,33). The Hall–Kier alpha value is -2.88. The molecular formula is C26H39N5O4S. The van der Waals surface area contributed by atoms with Crippen LogP contribution >= 0.6 is 11.5 Å². The Balaban J connectivity index is 1.83. The van der Waals surface area contributed by atoms with Gasteiger partial charge in [0, 0.05) is 12.6 Å². The maximum absolute atomic E-state index is 13.8. The van der Waals surface area contributed by atoms with E-state index in [0.29, 0.717) is 31.1 Å². The van der Waals surface area contributed by atoms with Gasteiger partial charge in [-0.1, -0.05) is 46.5 Å². The number of carbonyl (C=O) groups excluding carboxylic acids is 3. The molecule has 10 heteroatoms. The van der Waals surface area contributed by atoms with Gasteiger partial charge in [-0.15, -0.1) is 0 Å². The van der Waals surface area contributed by atoms with Crippen LogP contribution in [0.15, 0.2) is 22.8 Å². The van der Waals surface area contributed by atoms with Gasteiger partial charge in [-0.2, -0.15) is 4.37 Å². The van der Waals surface area contributed by atoms with E-state index in [1.54, 1.807) is 12.1 Å². The number of hydrogen-bond acceptors (Lipinski definition) is 7. The Morgan fingerprint density at radius 2 is 1.97 bits per heavy atom. The van der Waals surface area contributed by atoms with Crippen LogP contribution in [-0.2, 0) is 11.3 Å². The predicted octanol–water partition coefficient (Wildman–Crippen LogP) is 4.35. The molecule has 0 bridgehead atoms. The number of hydrogen-bond donors (Lipinski definition) is 3. The summed E-state index contributed by atoms with van der Waals surface area (Å²) in [5.74, 6) is -0.00103. The Morgan fingerprint density at radius 1 is 1.22 bits per heavy atom. The van der Waals surface area contributed by atoms with Crippen molar-refractivity contribution >= 4 is 34.9 Å². The van der Waals surface area contributed by atoms with E-state index in [2.05, 4.69) is 28.9 Å². The molecule has 1 unspecified atom stereocenters. The summed E-state index contributed by atoms with van der Waals surface area (Å²) in [5.41, 5.74) is 6.42. The zero-order valence-electron chi connectivity index (χ0n) is 21.5. The Kier molecular flexibility index (Phi) is 10.3. The third-order valence-electron chi connectivity index (χ3n) is 6.51. The zero-order valence-corrected chi connectivity index (χ0v) is 22.4. The number of nitrogen functional groups attached to an aromatic ring is 1. The number of amides is 3. The fourth-order valence-electron chi connectivity index (χ4n) is 4.44. The molecule has 2 aromatic rings. The number of rotatable bonds is 12. The molecule has 1 fully saturated rings. The average molecular weight is 518 g/mol. The largest absolute Gasteiger partial charge is 0.467 e. The fourth-order valence-corrected chi connectivity index (χ4v) is 5.20. The van der Waals surface area contributed by atoms with E-state index in [0.717, 1.165) is 43.6 Å². The molecule has 0 radical (unpaired) electrons. The van der Waals surface area contributed by atoms with Gasteiger partial charge in [0.1, 0.15) is 16.7 Å². The lowest BCUT2D eigenvalue weighted by Crippen LogP contribution is -2.49. The van der Waals surface area contributed by atoms with Crippen molar-refractivity contribution in [3.63, 3.8) is 0 Å². The summed E-state index contributed by atoms with van der Waals surface area (Å²) >= 11 is 0.895. The highest BCUT2D eigenvalue weighted by Gasteiger charge is 2.34. The van der Waals surface area contributed by atoms with Crippen molar-refractivity contribution in [3.05, 3.63) is 34.7 Å².